The Balaban J connectivity index is 1.40. The molecule has 1 heterocycles. The zero-order valence-corrected chi connectivity index (χ0v) is 23.9. The first-order valence-electron chi connectivity index (χ1n) is 13.1. The topological polar surface area (TPSA) is 96.0 Å². The average Bonchev–Trinajstić information content (AvgIpc) is 3.00. The van der Waals surface area contributed by atoms with Crippen LogP contribution >= 0.6 is 11.6 Å². The predicted molar refractivity (Wildman–Crippen MR) is 157 cm³/mol. The molecule has 216 valence electrons. The molecular weight excluding hydrogens is 581 g/mol. The molecular formula is C31H27ClFN3O5S. The van der Waals surface area contributed by atoms with Gasteiger partial charge in [0, 0.05) is 18.1 Å². The van der Waals surface area contributed by atoms with Gasteiger partial charge in [-0.25, -0.2) is 12.8 Å². The minimum absolute atomic E-state index is 0.0534. The monoisotopic (exact) mass is 607 g/mol. The molecule has 0 bridgehead atoms. The number of carbonyl (C=O) groups is 2. The van der Waals surface area contributed by atoms with E-state index in [2.05, 4.69) is 5.32 Å². The second-order valence-corrected chi connectivity index (χ2v) is 12.0. The van der Waals surface area contributed by atoms with Gasteiger partial charge in [-0.2, -0.15) is 4.31 Å². The van der Waals surface area contributed by atoms with Crippen molar-refractivity contribution >= 4 is 39.1 Å². The highest BCUT2D eigenvalue weighted by atomic mass is 35.5. The van der Waals surface area contributed by atoms with Crippen molar-refractivity contribution in [1.82, 2.24) is 9.62 Å². The lowest BCUT2D eigenvalue weighted by molar-refractivity contribution is -0.128. The Morgan fingerprint density at radius 1 is 0.905 bits per heavy atom. The molecule has 0 spiro atoms. The number of benzene rings is 4. The molecule has 11 heteroatoms. The van der Waals surface area contributed by atoms with Gasteiger partial charge in [0.2, 0.25) is 15.9 Å². The SMILES string of the molecule is O=C(NCc1ccccc1)C1CN(C(=O)CN(Cc2ccc(F)cc2)S(=O)(=O)c2ccc(Cl)cc2)c2ccccc2O1. The van der Waals surface area contributed by atoms with Gasteiger partial charge in [0.25, 0.3) is 5.91 Å². The largest absolute Gasteiger partial charge is 0.477 e. The number of sulfonamides is 1. The number of rotatable bonds is 9. The molecule has 0 fully saturated rings. The van der Waals surface area contributed by atoms with Crippen LogP contribution in [0.5, 0.6) is 5.75 Å². The van der Waals surface area contributed by atoms with E-state index in [4.69, 9.17) is 16.3 Å². The molecule has 2 amide bonds. The maximum atomic E-state index is 13.8. The number of anilines is 1. The number of nitrogens with zero attached hydrogens (tertiary/aromatic N) is 2. The highest BCUT2D eigenvalue weighted by molar-refractivity contribution is 7.89. The number of amides is 2. The van der Waals surface area contributed by atoms with Crippen LogP contribution in [0, 0.1) is 5.82 Å². The summed E-state index contributed by atoms with van der Waals surface area (Å²) in [5, 5.41) is 3.20. The molecule has 0 aliphatic carbocycles. The number of para-hydroxylation sites is 2. The van der Waals surface area contributed by atoms with Gasteiger partial charge in [-0.1, -0.05) is 66.2 Å². The Labute approximate surface area is 248 Å². The molecule has 0 aromatic heterocycles. The van der Waals surface area contributed by atoms with E-state index < -0.39 is 40.3 Å². The maximum Gasteiger partial charge on any atom is 0.263 e. The van der Waals surface area contributed by atoms with E-state index in [1.807, 2.05) is 30.3 Å². The highest BCUT2D eigenvalue weighted by Gasteiger charge is 2.36. The first-order chi connectivity index (χ1) is 20.2. The van der Waals surface area contributed by atoms with Crippen LogP contribution in [0.15, 0.2) is 108 Å². The van der Waals surface area contributed by atoms with Crippen molar-refractivity contribution in [3.8, 4) is 5.75 Å². The van der Waals surface area contributed by atoms with Crippen molar-refractivity contribution in [2.24, 2.45) is 0 Å². The fourth-order valence-electron chi connectivity index (χ4n) is 4.52. The number of hydrogen-bond acceptors (Lipinski definition) is 5. The third-order valence-corrected chi connectivity index (χ3v) is 8.77. The first kappa shape index (κ1) is 29.2. The van der Waals surface area contributed by atoms with Gasteiger partial charge in [0.05, 0.1) is 23.7 Å². The fraction of sp³-hybridized carbons (Fsp3) is 0.161. The molecule has 0 saturated heterocycles. The van der Waals surface area contributed by atoms with E-state index in [9.17, 15) is 22.4 Å². The Bertz CT molecular complexity index is 1670. The van der Waals surface area contributed by atoms with Gasteiger partial charge in [-0.15, -0.1) is 0 Å². The Hall–Kier alpha value is -4.25. The van der Waals surface area contributed by atoms with Crippen LogP contribution in [-0.4, -0.2) is 43.7 Å². The maximum absolute atomic E-state index is 13.8. The molecule has 8 nitrogen and oxygen atoms in total. The molecule has 1 atom stereocenters. The zero-order chi connectivity index (χ0) is 29.7. The van der Waals surface area contributed by atoms with Crippen molar-refractivity contribution in [2.75, 3.05) is 18.0 Å². The summed E-state index contributed by atoms with van der Waals surface area (Å²) in [7, 11) is -4.18. The minimum atomic E-state index is -4.18. The highest BCUT2D eigenvalue weighted by Crippen LogP contribution is 2.34. The predicted octanol–water partition coefficient (Wildman–Crippen LogP) is 4.78. The summed E-state index contributed by atoms with van der Waals surface area (Å²) in [6, 6.07) is 27.1. The normalized spacial score (nSPS) is 14.6. The van der Waals surface area contributed by atoms with Crippen LogP contribution in [-0.2, 0) is 32.7 Å². The van der Waals surface area contributed by atoms with E-state index in [-0.39, 0.29) is 24.5 Å². The van der Waals surface area contributed by atoms with Gasteiger partial charge < -0.3 is 15.0 Å². The summed E-state index contributed by atoms with van der Waals surface area (Å²) in [5.74, 6) is -1.12. The van der Waals surface area contributed by atoms with Crippen molar-refractivity contribution < 1.29 is 27.1 Å². The van der Waals surface area contributed by atoms with Crippen LogP contribution in [0.4, 0.5) is 10.1 Å². The molecule has 5 rings (SSSR count). The van der Waals surface area contributed by atoms with Gasteiger partial charge in [0.1, 0.15) is 11.6 Å². The standard InChI is InChI=1S/C31H27ClFN3O5S/c32-24-12-16-26(17-13-24)42(39,40)35(19-23-10-14-25(33)15-11-23)21-30(37)36-20-29(41-28-9-5-4-8-27(28)36)31(38)34-18-22-6-2-1-3-7-22/h1-17,29H,18-21H2,(H,34,38). The van der Waals surface area contributed by atoms with Crippen LogP contribution in [0.3, 0.4) is 0 Å². The van der Waals surface area contributed by atoms with Gasteiger partial charge in [-0.3, -0.25) is 9.59 Å². The second kappa shape index (κ2) is 12.7. The molecule has 4 aromatic carbocycles. The lowest BCUT2D eigenvalue weighted by atomic mass is 10.1. The molecule has 1 unspecified atom stereocenters. The molecule has 1 N–H and O–H groups in total. The Morgan fingerprint density at radius 3 is 2.29 bits per heavy atom. The first-order valence-corrected chi connectivity index (χ1v) is 14.9. The van der Waals surface area contributed by atoms with Crippen molar-refractivity contribution in [1.29, 1.82) is 0 Å². The molecule has 42 heavy (non-hydrogen) atoms. The molecule has 0 saturated carbocycles. The van der Waals surface area contributed by atoms with Crippen molar-refractivity contribution in [3.63, 3.8) is 0 Å². The van der Waals surface area contributed by atoms with E-state index in [1.54, 1.807) is 24.3 Å². The van der Waals surface area contributed by atoms with Crippen LogP contribution < -0.4 is 15.0 Å². The molecule has 1 aliphatic heterocycles. The Morgan fingerprint density at radius 2 is 1.57 bits per heavy atom. The summed E-state index contributed by atoms with van der Waals surface area (Å²) in [6.07, 6.45) is -1.02. The van der Waals surface area contributed by atoms with E-state index in [0.29, 0.717) is 22.0 Å². The molecule has 0 radical (unpaired) electrons. The summed E-state index contributed by atoms with van der Waals surface area (Å²) < 4.78 is 48.0. The minimum Gasteiger partial charge on any atom is -0.477 e. The number of ether oxygens (including phenoxy) is 1. The smallest absolute Gasteiger partial charge is 0.263 e. The number of halogens is 2. The zero-order valence-electron chi connectivity index (χ0n) is 22.3. The van der Waals surface area contributed by atoms with Crippen LogP contribution in [0.25, 0.3) is 0 Å². The fourth-order valence-corrected chi connectivity index (χ4v) is 6.02. The third-order valence-electron chi connectivity index (χ3n) is 6.71. The lowest BCUT2D eigenvalue weighted by Crippen LogP contribution is -2.52. The summed E-state index contributed by atoms with van der Waals surface area (Å²) in [6.45, 7) is -0.583. The van der Waals surface area contributed by atoms with E-state index in [0.717, 1.165) is 9.87 Å². The van der Waals surface area contributed by atoms with Gasteiger partial charge in [-0.05, 0) is 59.7 Å². The second-order valence-electron chi connectivity index (χ2n) is 9.64. The number of carbonyl (C=O) groups excluding carboxylic acids is 2. The quantitative estimate of drug-likeness (QED) is 0.295. The molecule has 1 aliphatic rings. The van der Waals surface area contributed by atoms with E-state index >= 15 is 0 Å². The number of fused-ring (bicyclic) bond motifs is 1. The van der Waals surface area contributed by atoms with Crippen LogP contribution in [0.2, 0.25) is 5.02 Å². The van der Waals surface area contributed by atoms with Crippen LogP contribution in [0.1, 0.15) is 11.1 Å². The summed E-state index contributed by atoms with van der Waals surface area (Å²) in [4.78, 5) is 28.2. The van der Waals surface area contributed by atoms with Gasteiger partial charge >= 0.3 is 0 Å². The van der Waals surface area contributed by atoms with Crippen molar-refractivity contribution in [3.05, 3.63) is 125 Å². The van der Waals surface area contributed by atoms with Crippen molar-refractivity contribution in [2.45, 2.75) is 24.1 Å². The summed E-state index contributed by atoms with van der Waals surface area (Å²) >= 11 is 5.97. The summed E-state index contributed by atoms with van der Waals surface area (Å²) in [5.41, 5.74) is 1.81. The van der Waals surface area contributed by atoms with E-state index in [1.165, 1.54) is 53.4 Å². The number of hydrogen-bond donors (Lipinski definition) is 1. The lowest BCUT2D eigenvalue weighted by Gasteiger charge is -2.35. The number of nitrogens with one attached hydrogen (secondary N) is 1. The molecule has 4 aromatic rings. The Kier molecular flexibility index (Phi) is 8.86. The van der Waals surface area contributed by atoms with Gasteiger partial charge in [0.15, 0.2) is 6.10 Å². The third kappa shape index (κ3) is 6.79. The average molecular weight is 608 g/mol.